The molecule has 3 N–H and O–H groups in total. The Morgan fingerprint density at radius 2 is 0.534 bits per heavy atom. The molecule has 2 atom stereocenters. The van der Waals surface area contributed by atoms with Gasteiger partial charge in [-0.1, -0.05) is 472 Å². The quantitative estimate of drug-likeness (QED) is 0.0264. The summed E-state index contributed by atoms with van der Waals surface area (Å²) in [6.45, 7) is 3.72. The Balaban J connectivity index is 3.70. The van der Waals surface area contributed by atoms with Crippen molar-refractivity contribution in [1.82, 2.24) is 0 Å². The molecule has 0 aromatic carbocycles. The van der Waals surface area contributed by atoms with E-state index in [1.165, 1.54) is 372 Å². The van der Waals surface area contributed by atoms with Gasteiger partial charge >= 0.3 is 19.8 Å². The Bertz CT molecular complexity index is 1930. The molecule has 0 aliphatic rings. The third-order valence-electron chi connectivity index (χ3n) is 20.6. The number of hydrogen-bond donors (Lipinski definition) is 2. The van der Waals surface area contributed by atoms with Gasteiger partial charge in [0.05, 0.1) is 13.2 Å². The van der Waals surface area contributed by atoms with Gasteiger partial charge in [-0.05, 0) is 64.2 Å². The normalized spacial score (nSPS) is 13.1. The first kappa shape index (κ1) is 100. The van der Waals surface area contributed by atoms with E-state index in [4.69, 9.17) is 24.3 Å². The lowest BCUT2D eigenvalue weighted by Gasteiger charge is -2.19. The zero-order valence-electron chi connectivity index (χ0n) is 68.6. The molecule has 10 heteroatoms. The predicted molar refractivity (Wildman–Crippen MR) is 450 cm³/mol. The van der Waals surface area contributed by atoms with Crippen LogP contribution in [0.3, 0.4) is 0 Å². The Kier molecular flexibility index (Phi) is 86.2. The molecule has 2 unspecified atom stereocenters. The van der Waals surface area contributed by atoms with Crippen LogP contribution in [0.2, 0.25) is 0 Å². The fourth-order valence-electron chi connectivity index (χ4n) is 13.9. The first-order chi connectivity index (χ1) is 50.8. The van der Waals surface area contributed by atoms with Crippen LogP contribution in [-0.4, -0.2) is 49.3 Å². The minimum absolute atomic E-state index is 0.0555. The van der Waals surface area contributed by atoms with Crippen molar-refractivity contribution < 1.29 is 37.6 Å². The second-order valence-corrected chi connectivity index (χ2v) is 32.3. The van der Waals surface area contributed by atoms with E-state index >= 15 is 0 Å². The molecule has 0 bridgehead atoms. The van der Waals surface area contributed by atoms with E-state index in [1.807, 2.05) is 0 Å². The fraction of sp³-hybridized carbons (Fsp3) is 0.849. The molecular formula is C93H174NO8P. The van der Waals surface area contributed by atoms with Crippen LogP contribution < -0.4 is 5.73 Å². The average Bonchev–Trinajstić information content (AvgIpc) is 0.970. The molecule has 0 fully saturated rings. The predicted octanol–water partition coefficient (Wildman–Crippen LogP) is 31.0. The van der Waals surface area contributed by atoms with Crippen molar-refractivity contribution in [2.45, 2.75) is 482 Å². The zero-order chi connectivity index (χ0) is 74.3. The highest BCUT2D eigenvalue weighted by Gasteiger charge is 2.26. The van der Waals surface area contributed by atoms with Crippen LogP contribution in [0.1, 0.15) is 476 Å². The molecule has 0 saturated carbocycles. The summed E-state index contributed by atoms with van der Waals surface area (Å²) in [7, 11) is -4.40. The van der Waals surface area contributed by atoms with Crippen LogP contribution in [0.15, 0.2) is 72.9 Å². The van der Waals surface area contributed by atoms with Crippen LogP contribution in [0.5, 0.6) is 0 Å². The number of hydrogen-bond acceptors (Lipinski definition) is 8. The number of rotatable bonds is 87. The van der Waals surface area contributed by atoms with Gasteiger partial charge in [0.2, 0.25) is 0 Å². The van der Waals surface area contributed by atoms with E-state index in [0.29, 0.717) is 6.42 Å². The number of esters is 2. The number of phosphoric acid groups is 1. The molecule has 0 aromatic heterocycles. The Labute approximate surface area is 641 Å². The van der Waals surface area contributed by atoms with Gasteiger partial charge in [-0.2, -0.15) is 0 Å². The lowest BCUT2D eigenvalue weighted by atomic mass is 10.0. The van der Waals surface area contributed by atoms with Crippen LogP contribution in [0.4, 0.5) is 0 Å². The second-order valence-electron chi connectivity index (χ2n) is 30.8. The van der Waals surface area contributed by atoms with Crippen molar-refractivity contribution >= 4 is 19.8 Å². The molecule has 0 aromatic rings. The van der Waals surface area contributed by atoms with Crippen molar-refractivity contribution in [2.24, 2.45) is 5.73 Å². The van der Waals surface area contributed by atoms with E-state index in [2.05, 4.69) is 86.8 Å². The molecule has 0 rings (SSSR count). The second kappa shape index (κ2) is 88.4. The van der Waals surface area contributed by atoms with Crippen LogP contribution in [-0.2, 0) is 32.7 Å². The minimum atomic E-state index is -4.40. The van der Waals surface area contributed by atoms with Gasteiger partial charge in [-0.25, -0.2) is 4.57 Å². The lowest BCUT2D eigenvalue weighted by Crippen LogP contribution is -2.29. The number of unbranched alkanes of at least 4 members (excludes halogenated alkanes) is 62. The monoisotopic (exact) mass is 1460 g/mol. The van der Waals surface area contributed by atoms with Gasteiger partial charge in [0.1, 0.15) is 6.61 Å². The smallest absolute Gasteiger partial charge is 0.462 e. The maximum absolute atomic E-state index is 12.8. The third kappa shape index (κ3) is 88.2. The fourth-order valence-corrected chi connectivity index (χ4v) is 14.7. The van der Waals surface area contributed by atoms with E-state index in [-0.39, 0.29) is 38.6 Å². The number of carbonyl (C=O) groups excluding carboxylic acids is 2. The van der Waals surface area contributed by atoms with E-state index < -0.39 is 26.5 Å². The number of phosphoric ester groups is 1. The van der Waals surface area contributed by atoms with Crippen molar-refractivity contribution in [3.05, 3.63) is 72.9 Å². The lowest BCUT2D eigenvalue weighted by molar-refractivity contribution is -0.161. The highest BCUT2D eigenvalue weighted by molar-refractivity contribution is 7.47. The number of carbonyl (C=O) groups is 2. The number of allylic oxidation sites excluding steroid dienone is 12. The third-order valence-corrected chi connectivity index (χ3v) is 21.6. The van der Waals surface area contributed by atoms with Crippen molar-refractivity contribution in [3.8, 4) is 0 Å². The van der Waals surface area contributed by atoms with Gasteiger partial charge in [0.15, 0.2) is 6.10 Å². The van der Waals surface area contributed by atoms with Crippen molar-refractivity contribution in [1.29, 1.82) is 0 Å². The van der Waals surface area contributed by atoms with Crippen molar-refractivity contribution in [3.63, 3.8) is 0 Å². The molecule has 0 aliphatic heterocycles. The topological polar surface area (TPSA) is 134 Å². The van der Waals surface area contributed by atoms with Gasteiger partial charge < -0.3 is 20.1 Å². The van der Waals surface area contributed by atoms with Gasteiger partial charge in [-0.3, -0.25) is 18.6 Å². The molecule has 0 aliphatic carbocycles. The maximum atomic E-state index is 12.8. The average molecular weight is 1470 g/mol. The van der Waals surface area contributed by atoms with Gasteiger partial charge in [0.25, 0.3) is 0 Å². The summed E-state index contributed by atoms with van der Waals surface area (Å²) in [5, 5.41) is 0. The summed E-state index contributed by atoms with van der Waals surface area (Å²) in [5.74, 6) is -0.801. The zero-order valence-corrected chi connectivity index (χ0v) is 69.5. The summed E-state index contributed by atoms with van der Waals surface area (Å²) in [6, 6.07) is 0. The van der Waals surface area contributed by atoms with Crippen LogP contribution >= 0.6 is 7.82 Å². The minimum Gasteiger partial charge on any atom is -0.462 e. The molecular weight excluding hydrogens is 1290 g/mol. The summed E-state index contributed by atoms with van der Waals surface area (Å²) in [5.41, 5.74) is 5.43. The van der Waals surface area contributed by atoms with E-state index in [0.717, 1.165) is 70.6 Å². The summed E-state index contributed by atoms with van der Waals surface area (Å²) < 4.78 is 33.4. The highest BCUT2D eigenvalue weighted by Crippen LogP contribution is 2.43. The summed E-state index contributed by atoms with van der Waals surface area (Å²) in [4.78, 5) is 35.5. The van der Waals surface area contributed by atoms with E-state index in [9.17, 15) is 19.0 Å². The van der Waals surface area contributed by atoms with Crippen LogP contribution in [0.25, 0.3) is 0 Å². The summed E-state index contributed by atoms with van der Waals surface area (Å²) in [6.07, 6.45) is 120. The molecule has 103 heavy (non-hydrogen) atoms. The van der Waals surface area contributed by atoms with Crippen molar-refractivity contribution in [2.75, 3.05) is 26.4 Å². The highest BCUT2D eigenvalue weighted by atomic mass is 31.2. The largest absolute Gasteiger partial charge is 0.472 e. The van der Waals surface area contributed by atoms with Gasteiger partial charge in [-0.15, -0.1) is 0 Å². The molecule has 0 amide bonds. The molecule has 604 valence electrons. The Morgan fingerprint density at radius 1 is 0.301 bits per heavy atom. The first-order valence-electron chi connectivity index (χ1n) is 45.4. The van der Waals surface area contributed by atoms with E-state index in [1.54, 1.807) is 0 Å². The molecule has 0 saturated heterocycles. The molecule has 0 spiro atoms. The molecule has 0 heterocycles. The number of nitrogens with two attached hydrogens (primary N) is 1. The Hall–Kier alpha value is -2.55. The maximum Gasteiger partial charge on any atom is 0.472 e. The molecule has 9 nitrogen and oxygen atoms in total. The molecule has 0 radical (unpaired) electrons. The van der Waals surface area contributed by atoms with Crippen LogP contribution in [0, 0.1) is 0 Å². The summed E-state index contributed by atoms with van der Waals surface area (Å²) >= 11 is 0. The SMILES string of the molecule is CC/C=C\C/C=C\C/C=C\C/C=C\C/C=C\C/C=C\CCCCCCCCCCCCCCCCCCCCCCCCC(=O)OC(COC(=O)CCCCCCCCCCCCCCCCCCCCCCCCCCCCCCCCCCCCCCCCCCC)COP(=O)(O)OCCN. The standard InChI is InChI=1S/C93H174NO8P/c1-3-5-7-9-11-13-15-17-19-21-23-25-27-29-31-33-35-37-39-41-43-45-47-49-51-53-55-57-59-61-63-65-67-69-71-73-75-77-79-81-83-85-92(95)99-89-91(90-101-103(97,98)100-88-87-94)102-93(96)86-84-82-80-78-76-74-72-70-68-66-64-62-60-58-56-54-52-50-48-46-44-42-40-38-36-34-32-30-28-26-24-22-20-18-16-14-12-10-8-6-4-2/h6,8,12,14,18,20,24,26,30,32,36,38,91H,3-5,7,9-11,13,15-17,19,21-23,25,27-29,31,33-35,37,39-90,94H2,1-2H3,(H,97,98)/b8-6-,14-12-,20-18-,26-24-,32-30-,38-36-. The van der Waals surface area contributed by atoms with Gasteiger partial charge in [0, 0.05) is 19.4 Å². The number of ether oxygens (including phenoxy) is 2. The Morgan fingerprint density at radius 3 is 0.796 bits per heavy atom. The first-order valence-corrected chi connectivity index (χ1v) is 46.9.